The molecule has 1 saturated carbocycles. The number of aryl methyl sites for hydroxylation is 1. The summed E-state index contributed by atoms with van der Waals surface area (Å²) in [6.45, 7) is 2.05. The number of benzene rings is 2. The molecule has 10 heteroatoms. The summed E-state index contributed by atoms with van der Waals surface area (Å²) < 4.78 is 26.6. The normalized spacial score (nSPS) is 12.9. The smallest absolute Gasteiger partial charge is 0.321 e. The van der Waals surface area contributed by atoms with Crippen LogP contribution < -0.4 is 14.9 Å². The van der Waals surface area contributed by atoms with E-state index in [1.165, 1.54) is 36.7 Å². The van der Waals surface area contributed by atoms with Crippen molar-refractivity contribution in [3.63, 3.8) is 0 Å². The Morgan fingerprint density at radius 1 is 1.05 bits per heavy atom. The van der Waals surface area contributed by atoms with Gasteiger partial charge in [-0.1, -0.05) is 19.1 Å². The van der Waals surface area contributed by atoms with Crippen LogP contribution >= 0.6 is 0 Å². The molecule has 3 aromatic heterocycles. The van der Waals surface area contributed by atoms with Gasteiger partial charge in [-0.05, 0) is 66.3 Å². The van der Waals surface area contributed by atoms with E-state index in [2.05, 4.69) is 20.1 Å². The van der Waals surface area contributed by atoms with Gasteiger partial charge in [0.15, 0.2) is 11.5 Å². The third kappa shape index (κ3) is 5.41. The van der Waals surface area contributed by atoms with Crippen LogP contribution in [0.4, 0.5) is 4.39 Å². The SMILES string of the molecule is CCc1cc2nccc(Oc3ncc(CC(=O)c4nn(C5CC5)cc(-c5ccc(F)cc5)c4=O)cn3)c2cc1OC. The predicted octanol–water partition coefficient (Wildman–Crippen LogP) is 5.51. The van der Waals surface area contributed by atoms with Gasteiger partial charge in [-0.2, -0.15) is 5.10 Å². The minimum absolute atomic E-state index is 0.0970. The minimum Gasteiger partial charge on any atom is -0.496 e. The van der Waals surface area contributed by atoms with Crippen molar-refractivity contribution < 1.29 is 18.7 Å². The number of aromatic nitrogens is 5. The van der Waals surface area contributed by atoms with Gasteiger partial charge in [0.2, 0.25) is 5.43 Å². The molecule has 1 aliphatic carbocycles. The van der Waals surface area contributed by atoms with Gasteiger partial charge in [-0.3, -0.25) is 19.3 Å². The first kappa shape index (κ1) is 26.2. The molecule has 0 bridgehead atoms. The Hall–Kier alpha value is -4.99. The molecule has 0 saturated heterocycles. The summed E-state index contributed by atoms with van der Waals surface area (Å²) in [6, 6.07) is 11.4. The van der Waals surface area contributed by atoms with Gasteiger partial charge in [0.1, 0.15) is 17.3 Å². The van der Waals surface area contributed by atoms with E-state index in [0.29, 0.717) is 22.4 Å². The van der Waals surface area contributed by atoms with Crippen LogP contribution in [0, 0.1) is 5.82 Å². The molecule has 0 unspecified atom stereocenters. The second-order valence-corrected chi connectivity index (χ2v) is 9.86. The quantitative estimate of drug-likeness (QED) is 0.221. The molecule has 5 aromatic rings. The number of ether oxygens (including phenoxy) is 2. The van der Waals surface area contributed by atoms with Gasteiger partial charge in [0, 0.05) is 42.2 Å². The van der Waals surface area contributed by atoms with E-state index in [-0.39, 0.29) is 24.2 Å². The number of pyridine rings is 1. The molecule has 206 valence electrons. The molecule has 0 aliphatic heterocycles. The number of halogens is 1. The Bertz CT molecular complexity index is 1820. The molecule has 1 aliphatic rings. The molecule has 9 nitrogen and oxygen atoms in total. The van der Waals surface area contributed by atoms with Crippen molar-refractivity contribution in [2.45, 2.75) is 38.6 Å². The molecule has 0 spiro atoms. The molecule has 0 atom stereocenters. The number of carbonyl (C=O) groups is 1. The van der Waals surface area contributed by atoms with E-state index in [4.69, 9.17) is 9.47 Å². The minimum atomic E-state index is -0.495. The highest BCUT2D eigenvalue weighted by Crippen LogP contribution is 2.35. The van der Waals surface area contributed by atoms with E-state index in [1.807, 2.05) is 19.1 Å². The number of rotatable bonds is 9. The van der Waals surface area contributed by atoms with Crippen molar-refractivity contribution >= 4 is 16.7 Å². The monoisotopic (exact) mass is 551 g/mol. The summed E-state index contributed by atoms with van der Waals surface area (Å²) in [5, 5.41) is 5.11. The molecule has 2 aromatic carbocycles. The van der Waals surface area contributed by atoms with Crippen molar-refractivity contribution in [2.24, 2.45) is 0 Å². The molecule has 1 fully saturated rings. The average Bonchev–Trinajstić information content (AvgIpc) is 3.84. The van der Waals surface area contributed by atoms with E-state index < -0.39 is 17.0 Å². The summed E-state index contributed by atoms with van der Waals surface area (Å²) >= 11 is 0. The molecule has 0 radical (unpaired) electrons. The van der Waals surface area contributed by atoms with Gasteiger partial charge in [-0.25, -0.2) is 14.4 Å². The maximum Gasteiger partial charge on any atom is 0.321 e. The van der Waals surface area contributed by atoms with Crippen molar-refractivity contribution in [3.05, 3.63) is 100 Å². The van der Waals surface area contributed by atoms with E-state index in [0.717, 1.165) is 41.5 Å². The van der Waals surface area contributed by atoms with Crippen LogP contribution in [-0.2, 0) is 12.8 Å². The molecular formula is C31H26FN5O4. The summed E-state index contributed by atoms with van der Waals surface area (Å²) in [5.74, 6) is 0.397. The largest absolute Gasteiger partial charge is 0.496 e. The van der Waals surface area contributed by atoms with Crippen molar-refractivity contribution in [1.82, 2.24) is 24.7 Å². The second kappa shape index (κ2) is 10.9. The Balaban J connectivity index is 1.24. The number of Topliss-reactive ketones (excluding diaryl/α,β-unsaturated/α-hetero) is 1. The third-order valence-corrected chi connectivity index (χ3v) is 7.01. The third-order valence-electron chi connectivity index (χ3n) is 7.01. The number of methoxy groups -OCH3 is 1. The zero-order valence-electron chi connectivity index (χ0n) is 22.5. The molecule has 6 rings (SSSR count). The molecule has 0 amide bonds. The molecule has 41 heavy (non-hydrogen) atoms. The van der Waals surface area contributed by atoms with Crippen LogP contribution in [0.3, 0.4) is 0 Å². The lowest BCUT2D eigenvalue weighted by molar-refractivity contribution is 0.0984. The summed E-state index contributed by atoms with van der Waals surface area (Å²) in [4.78, 5) is 39.5. The number of carbonyl (C=O) groups excluding carboxylic acids is 1. The highest BCUT2D eigenvalue weighted by molar-refractivity contribution is 5.96. The summed E-state index contributed by atoms with van der Waals surface area (Å²) in [7, 11) is 1.62. The van der Waals surface area contributed by atoms with Crippen molar-refractivity contribution in [2.75, 3.05) is 7.11 Å². The van der Waals surface area contributed by atoms with Crippen LogP contribution in [-0.4, -0.2) is 37.6 Å². The van der Waals surface area contributed by atoms with Crippen LogP contribution in [0.25, 0.3) is 22.0 Å². The lowest BCUT2D eigenvalue weighted by Crippen LogP contribution is -2.24. The predicted molar refractivity (Wildman–Crippen MR) is 150 cm³/mol. The maximum atomic E-state index is 13.5. The number of hydrogen-bond acceptors (Lipinski definition) is 8. The van der Waals surface area contributed by atoms with Crippen LogP contribution in [0.5, 0.6) is 17.5 Å². The second-order valence-electron chi connectivity index (χ2n) is 9.86. The van der Waals surface area contributed by atoms with Gasteiger partial charge in [-0.15, -0.1) is 0 Å². The summed E-state index contributed by atoms with van der Waals surface area (Å²) in [5.41, 5.74) is 2.48. The first-order valence-corrected chi connectivity index (χ1v) is 13.3. The fourth-order valence-electron chi connectivity index (χ4n) is 4.65. The van der Waals surface area contributed by atoms with Crippen molar-refractivity contribution in [1.29, 1.82) is 0 Å². The first-order chi connectivity index (χ1) is 19.9. The van der Waals surface area contributed by atoms with Crippen LogP contribution in [0.15, 0.2) is 72.0 Å². The lowest BCUT2D eigenvalue weighted by atomic mass is 10.0. The van der Waals surface area contributed by atoms with E-state index >= 15 is 0 Å². The van der Waals surface area contributed by atoms with Gasteiger partial charge in [0.05, 0.1) is 18.7 Å². The Kier molecular flexibility index (Phi) is 6.96. The van der Waals surface area contributed by atoms with Crippen molar-refractivity contribution in [3.8, 4) is 28.6 Å². The van der Waals surface area contributed by atoms with Gasteiger partial charge >= 0.3 is 6.01 Å². The summed E-state index contributed by atoms with van der Waals surface area (Å²) in [6.07, 6.45) is 8.79. The van der Waals surface area contributed by atoms with Crippen LogP contribution in [0.1, 0.15) is 47.4 Å². The van der Waals surface area contributed by atoms with Crippen LogP contribution in [0.2, 0.25) is 0 Å². The topological polar surface area (TPSA) is 109 Å². The zero-order valence-corrected chi connectivity index (χ0v) is 22.5. The van der Waals surface area contributed by atoms with Gasteiger partial charge in [0.25, 0.3) is 0 Å². The Morgan fingerprint density at radius 2 is 1.80 bits per heavy atom. The molecular weight excluding hydrogens is 525 g/mol. The van der Waals surface area contributed by atoms with E-state index in [9.17, 15) is 14.0 Å². The zero-order chi connectivity index (χ0) is 28.5. The molecule has 0 N–H and O–H groups in total. The first-order valence-electron chi connectivity index (χ1n) is 13.3. The lowest BCUT2D eigenvalue weighted by Gasteiger charge is -2.12. The highest BCUT2D eigenvalue weighted by atomic mass is 19.1. The average molecular weight is 552 g/mol. The number of hydrogen-bond donors (Lipinski definition) is 0. The number of ketones is 1. The molecule has 3 heterocycles. The number of fused-ring (bicyclic) bond motifs is 1. The Labute approximate surface area is 234 Å². The highest BCUT2D eigenvalue weighted by Gasteiger charge is 2.27. The van der Waals surface area contributed by atoms with Gasteiger partial charge < -0.3 is 9.47 Å². The number of nitrogens with zero attached hydrogens (tertiary/aromatic N) is 5. The maximum absolute atomic E-state index is 13.5. The standard InChI is InChI=1S/C31H26FN5O4/c1-3-19-13-25-23(14-28(19)40-2)27(10-11-33-25)41-31-34-15-18(16-35-31)12-26(38)29-30(39)24(17-37(36-29)22-8-9-22)20-4-6-21(32)7-5-20/h4-7,10-11,13-17,22H,3,8-9,12H2,1-2H3. The fourth-order valence-corrected chi connectivity index (χ4v) is 4.65. The fraction of sp³-hybridized carbons (Fsp3) is 0.226. The van der Waals surface area contributed by atoms with E-state index in [1.54, 1.807) is 30.3 Å². The Morgan fingerprint density at radius 3 is 2.49 bits per heavy atom.